The van der Waals surface area contributed by atoms with Crippen molar-refractivity contribution in [2.75, 3.05) is 13.1 Å². The SMILES string of the molecule is O=C(c1ccccn1)N1CCC(Oc2cnccn2)C1. The first kappa shape index (κ1) is 12.5. The number of pyridine rings is 1. The van der Waals surface area contributed by atoms with Gasteiger partial charge < -0.3 is 9.64 Å². The molecule has 0 radical (unpaired) electrons. The van der Waals surface area contributed by atoms with Crippen LogP contribution in [0.25, 0.3) is 0 Å². The Balaban J connectivity index is 1.61. The van der Waals surface area contributed by atoms with E-state index in [0.29, 0.717) is 24.7 Å². The van der Waals surface area contributed by atoms with Crippen LogP contribution in [0.1, 0.15) is 16.9 Å². The van der Waals surface area contributed by atoms with Crippen molar-refractivity contribution >= 4 is 5.91 Å². The largest absolute Gasteiger partial charge is 0.471 e. The number of carbonyl (C=O) groups is 1. The van der Waals surface area contributed by atoms with E-state index >= 15 is 0 Å². The highest BCUT2D eigenvalue weighted by atomic mass is 16.5. The second-order valence-electron chi connectivity index (χ2n) is 4.54. The molecule has 1 atom stereocenters. The highest BCUT2D eigenvalue weighted by molar-refractivity contribution is 5.92. The van der Waals surface area contributed by atoms with Gasteiger partial charge in [-0.25, -0.2) is 4.98 Å². The summed E-state index contributed by atoms with van der Waals surface area (Å²) < 4.78 is 5.70. The summed E-state index contributed by atoms with van der Waals surface area (Å²) in [7, 11) is 0. The monoisotopic (exact) mass is 270 g/mol. The lowest BCUT2D eigenvalue weighted by molar-refractivity contribution is 0.0765. The van der Waals surface area contributed by atoms with Crippen LogP contribution in [0.15, 0.2) is 43.0 Å². The molecule has 3 rings (SSSR count). The number of amides is 1. The number of hydrogen-bond donors (Lipinski definition) is 0. The number of aromatic nitrogens is 3. The molecule has 2 aromatic heterocycles. The predicted octanol–water partition coefficient (Wildman–Crippen LogP) is 1.17. The summed E-state index contributed by atoms with van der Waals surface area (Å²) in [5.41, 5.74) is 0.465. The van der Waals surface area contributed by atoms with Crippen molar-refractivity contribution in [3.63, 3.8) is 0 Å². The molecule has 6 heteroatoms. The predicted molar refractivity (Wildman–Crippen MR) is 71.2 cm³/mol. The molecule has 1 aliphatic heterocycles. The van der Waals surface area contributed by atoms with Gasteiger partial charge in [0.25, 0.3) is 5.91 Å². The van der Waals surface area contributed by atoms with Crippen LogP contribution in [0.2, 0.25) is 0 Å². The highest BCUT2D eigenvalue weighted by Crippen LogP contribution is 2.17. The average Bonchev–Trinajstić information content (AvgIpc) is 2.97. The highest BCUT2D eigenvalue weighted by Gasteiger charge is 2.28. The molecular formula is C14H14N4O2. The average molecular weight is 270 g/mol. The minimum absolute atomic E-state index is 0.0423. The first-order valence-electron chi connectivity index (χ1n) is 6.46. The van der Waals surface area contributed by atoms with Crippen LogP contribution in [-0.4, -0.2) is 45.0 Å². The van der Waals surface area contributed by atoms with Crippen LogP contribution in [0.3, 0.4) is 0 Å². The van der Waals surface area contributed by atoms with Gasteiger partial charge in [0.05, 0.1) is 12.7 Å². The van der Waals surface area contributed by atoms with Gasteiger partial charge in [0.15, 0.2) is 0 Å². The van der Waals surface area contributed by atoms with Gasteiger partial charge in [-0.1, -0.05) is 6.07 Å². The van der Waals surface area contributed by atoms with Gasteiger partial charge in [-0.05, 0) is 12.1 Å². The molecule has 102 valence electrons. The van der Waals surface area contributed by atoms with Gasteiger partial charge in [0, 0.05) is 31.6 Å². The molecule has 1 amide bonds. The maximum absolute atomic E-state index is 12.2. The molecule has 6 nitrogen and oxygen atoms in total. The van der Waals surface area contributed by atoms with E-state index in [2.05, 4.69) is 15.0 Å². The van der Waals surface area contributed by atoms with Crippen LogP contribution in [0.5, 0.6) is 5.88 Å². The number of hydrogen-bond acceptors (Lipinski definition) is 5. The number of ether oxygens (including phenoxy) is 1. The molecule has 20 heavy (non-hydrogen) atoms. The van der Waals surface area contributed by atoms with E-state index < -0.39 is 0 Å². The Hall–Kier alpha value is -2.50. The van der Waals surface area contributed by atoms with E-state index in [-0.39, 0.29) is 12.0 Å². The van der Waals surface area contributed by atoms with Gasteiger partial charge >= 0.3 is 0 Å². The van der Waals surface area contributed by atoms with E-state index in [9.17, 15) is 4.79 Å². The number of likely N-dealkylation sites (tertiary alicyclic amines) is 1. The Morgan fingerprint density at radius 1 is 1.25 bits per heavy atom. The van der Waals surface area contributed by atoms with E-state index in [0.717, 1.165) is 6.42 Å². The molecule has 0 spiro atoms. The fourth-order valence-electron chi connectivity index (χ4n) is 2.18. The van der Waals surface area contributed by atoms with Crippen molar-refractivity contribution in [1.29, 1.82) is 0 Å². The van der Waals surface area contributed by atoms with Crippen LogP contribution in [0.4, 0.5) is 0 Å². The Morgan fingerprint density at radius 3 is 2.95 bits per heavy atom. The molecule has 0 saturated carbocycles. The number of nitrogens with zero attached hydrogens (tertiary/aromatic N) is 4. The van der Waals surface area contributed by atoms with Gasteiger partial charge in [0.1, 0.15) is 11.8 Å². The standard InChI is InChI=1S/C14H14N4O2/c19-14(12-3-1-2-5-16-12)18-8-4-11(10-18)20-13-9-15-6-7-17-13/h1-3,5-7,9,11H,4,8,10H2. The van der Waals surface area contributed by atoms with Crippen LogP contribution < -0.4 is 4.74 Å². The van der Waals surface area contributed by atoms with E-state index in [1.165, 1.54) is 0 Å². The van der Waals surface area contributed by atoms with Gasteiger partial charge in [0.2, 0.25) is 5.88 Å². The molecule has 1 unspecified atom stereocenters. The first-order chi connectivity index (χ1) is 9.83. The summed E-state index contributed by atoms with van der Waals surface area (Å²) in [4.78, 5) is 26.1. The maximum atomic E-state index is 12.2. The molecule has 0 aromatic carbocycles. The summed E-state index contributed by atoms with van der Waals surface area (Å²) >= 11 is 0. The number of rotatable bonds is 3. The molecule has 0 aliphatic carbocycles. The summed E-state index contributed by atoms with van der Waals surface area (Å²) in [6, 6.07) is 5.32. The summed E-state index contributed by atoms with van der Waals surface area (Å²) in [6.07, 6.45) is 7.12. The minimum atomic E-state index is -0.0594. The van der Waals surface area contributed by atoms with Gasteiger partial charge in [-0.15, -0.1) is 0 Å². The normalized spacial score (nSPS) is 18.0. The lowest BCUT2D eigenvalue weighted by Gasteiger charge is -2.16. The quantitative estimate of drug-likeness (QED) is 0.837. The summed E-state index contributed by atoms with van der Waals surface area (Å²) in [5, 5.41) is 0. The van der Waals surface area contributed by atoms with E-state index in [1.54, 1.807) is 41.8 Å². The Kier molecular flexibility index (Phi) is 3.54. The zero-order valence-corrected chi connectivity index (χ0v) is 10.8. The third kappa shape index (κ3) is 2.74. The molecule has 1 aliphatic rings. The minimum Gasteiger partial charge on any atom is -0.471 e. The lowest BCUT2D eigenvalue weighted by Crippen LogP contribution is -2.31. The van der Waals surface area contributed by atoms with Crippen molar-refractivity contribution in [3.05, 3.63) is 48.7 Å². The molecule has 0 bridgehead atoms. The molecule has 3 heterocycles. The van der Waals surface area contributed by atoms with Crippen molar-refractivity contribution in [1.82, 2.24) is 19.9 Å². The fraction of sp³-hybridized carbons (Fsp3) is 0.286. The summed E-state index contributed by atoms with van der Waals surface area (Å²) in [5.74, 6) is 0.431. The second-order valence-corrected chi connectivity index (χ2v) is 4.54. The Morgan fingerprint density at radius 2 is 2.20 bits per heavy atom. The third-order valence-corrected chi connectivity index (χ3v) is 3.14. The van der Waals surface area contributed by atoms with Crippen LogP contribution in [-0.2, 0) is 0 Å². The molecular weight excluding hydrogens is 256 g/mol. The number of carbonyl (C=O) groups excluding carboxylic acids is 1. The van der Waals surface area contributed by atoms with E-state index in [1.807, 2.05) is 6.07 Å². The van der Waals surface area contributed by atoms with Crippen molar-refractivity contribution in [2.24, 2.45) is 0 Å². The van der Waals surface area contributed by atoms with Crippen molar-refractivity contribution < 1.29 is 9.53 Å². The summed E-state index contributed by atoms with van der Waals surface area (Å²) in [6.45, 7) is 1.21. The van der Waals surface area contributed by atoms with Crippen LogP contribution in [0, 0.1) is 0 Å². The smallest absolute Gasteiger partial charge is 0.272 e. The zero-order valence-electron chi connectivity index (χ0n) is 10.8. The topological polar surface area (TPSA) is 68.2 Å². The van der Waals surface area contributed by atoms with Crippen molar-refractivity contribution in [3.8, 4) is 5.88 Å². The second kappa shape index (κ2) is 5.64. The first-order valence-corrected chi connectivity index (χ1v) is 6.46. The van der Waals surface area contributed by atoms with Gasteiger partial charge in [-0.2, -0.15) is 0 Å². The van der Waals surface area contributed by atoms with Crippen molar-refractivity contribution in [2.45, 2.75) is 12.5 Å². The lowest BCUT2D eigenvalue weighted by atomic mass is 10.3. The Labute approximate surface area is 116 Å². The zero-order chi connectivity index (χ0) is 13.8. The molecule has 0 N–H and O–H groups in total. The fourth-order valence-corrected chi connectivity index (χ4v) is 2.18. The molecule has 1 saturated heterocycles. The van der Waals surface area contributed by atoms with Gasteiger partial charge in [-0.3, -0.25) is 14.8 Å². The molecule has 1 fully saturated rings. The Bertz CT molecular complexity index is 576. The molecule has 2 aromatic rings. The van der Waals surface area contributed by atoms with Crippen LogP contribution >= 0.6 is 0 Å². The third-order valence-electron chi connectivity index (χ3n) is 3.14. The van der Waals surface area contributed by atoms with E-state index in [4.69, 9.17) is 4.74 Å². The maximum Gasteiger partial charge on any atom is 0.272 e.